The van der Waals surface area contributed by atoms with Crippen LogP contribution in [0.2, 0.25) is 0 Å². The van der Waals surface area contributed by atoms with Gasteiger partial charge >= 0.3 is 0 Å². The second kappa shape index (κ2) is 3.55. The second-order valence-electron chi connectivity index (χ2n) is 3.84. The molecule has 1 unspecified atom stereocenters. The Morgan fingerprint density at radius 2 is 1.36 bits per heavy atom. The minimum Gasteiger partial charge on any atom is -0.317 e. The van der Waals surface area contributed by atoms with Crippen LogP contribution in [0.5, 0.6) is 0 Å². The lowest BCUT2D eigenvalue weighted by Gasteiger charge is -2.27. The first-order valence-corrected chi connectivity index (χ1v) is 4.88. The largest absolute Gasteiger partial charge is 0.317 e. The zero-order valence-corrected chi connectivity index (χ0v) is 7.10. The van der Waals surface area contributed by atoms with E-state index in [4.69, 9.17) is 0 Å². The molecule has 2 fully saturated rings. The molecule has 0 aromatic carbocycles. The average Bonchev–Trinajstić information content (AvgIpc) is 2.58. The van der Waals surface area contributed by atoms with Crippen LogP contribution in [0.15, 0.2) is 0 Å². The molecular weight excluding hydrogens is 136 g/mol. The van der Waals surface area contributed by atoms with Crippen LogP contribution in [0.1, 0.15) is 19.3 Å². The minimum atomic E-state index is 0.997. The summed E-state index contributed by atoms with van der Waals surface area (Å²) in [7, 11) is 0. The fraction of sp³-hybridized carbons (Fsp3) is 1.00. The third-order valence-corrected chi connectivity index (χ3v) is 3.15. The zero-order chi connectivity index (χ0) is 7.52. The van der Waals surface area contributed by atoms with Crippen molar-refractivity contribution in [2.24, 2.45) is 11.8 Å². The third-order valence-electron chi connectivity index (χ3n) is 3.15. The zero-order valence-electron chi connectivity index (χ0n) is 7.10. The van der Waals surface area contributed by atoms with Gasteiger partial charge in [-0.25, -0.2) is 0 Å². The van der Waals surface area contributed by atoms with E-state index in [0.29, 0.717) is 0 Å². The van der Waals surface area contributed by atoms with Crippen molar-refractivity contribution in [2.75, 3.05) is 26.2 Å². The van der Waals surface area contributed by atoms with Crippen LogP contribution in [-0.4, -0.2) is 26.2 Å². The van der Waals surface area contributed by atoms with Gasteiger partial charge in [0.1, 0.15) is 0 Å². The fourth-order valence-corrected chi connectivity index (χ4v) is 2.40. The molecule has 2 N–H and O–H groups in total. The van der Waals surface area contributed by atoms with Crippen LogP contribution in [0, 0.1) is 11.8 Å². The Bertz CT molecular complexity index is 113. The van der Waals surface area contributed by atoms with E-state index in [9.17, 15) is 0 Å². The predicted octanol–water partition coefficient (Wildman–Crippen LogP) is 0.596. The summed E-state index contributed by atoms with van der Waals surface area (Å²) in [6.07, 6.45) is 4.24. The minimum absolute atomic E-state index is 0.997. The number of rotatable bonds is 1. The second-order valence-corrected chi connectivity index (χ2v) is 3.84. The summed E-state index contributed by atoms with van der Waals surface area (Å²) in [4.78, 5) is 0. The lowest BCUT2D eigenvalue weighted by Crippen LogP contribution is -2.32. The van der Waals surface area contributed by atoms with E-state index in [-0.39, 0.29) is 0 Å². The first-order chi connectivity index (χ1) is 5.47. The first-order valence-electron chi connectivity index (χ1n) is 4.88. The van der Waals surface area contributed by atoms with Crippen molar-refractivity contribution >= 4 is 0 Å². The van der Waals surface area contributed by atoms with Crippen molar-refractivity contribution in [2.45, 2.75) is 19.3 Å². The Labute approximate surface area is 68.7 Å². The summed E-state index contributed by atoms with van der Waals surface area (Å²) in [6.45, 7) is 5.04. The average molecular weight is 154 g/mol. The maximum atomic E-state index is 3.45. The molecule has 0 spiro atoms. The lowest BCUT2D eigenvalue weighted by molar-refractivity contribution is 0.275. The van der Waals surface area contributed by atoms with Gasteiger partial charge in [-0.15, -0.1) is 0 Å². The molecule has 0 saturated carbocycles. The Balaban J connectivity index is 1.82. The van der Waals surface area contributed by atoms with Crippen LogP contribution >= 0.6 is 0 Å². The van der Waals surface area contributed by atoms with Crippen molar-refractivity contribution in [3.05, 3.63) is 0 Å². The summed E-state index contributed by atoms with van der Waals surface area (Å²) in [6, 6.07) is 0. The van der Waals surface area contributed by atoms with Gasteiger partial charge in [-0.1, -0.05) is 0 Å². The van der Waals surface area contributed by atoms with Crippen LogP contribution < -0.4 is 10.6 Å². The predicted molar refractivity (Wildman–Crippen MR) is 46.6 cm³/mol. The molecule has 2 aliphatic rings. The first kappa shape index (κ1) is 7.56. The van der Waals surface area contributed by atoms with E-state index in [1.54, 1.807) is 0 Å². The maximum Gasteiger partial charge on any atom is -0.00174 e. The summed E-state index contributed by atoms with van der Waals surface area (Å²) >= 11 is 0. The van der Waals surface area contributed by atoms with E-state index < -0.39 is 0 Å². The van der Waals surface area contributed by atoms with Gasteiger partial charge in [0.15, 0.2) is 0 Å². The molecule has 64 valence electrons. The summed E-state index contributed by atoms with van der Waals surface area (Å²) in [5.74, 6) is 2.02. The number of hydrogen-bond donors (Lipinski definition) is 2. The highest BCUT2D eigenvalue weighted by Gasteiger charge is 2.25. The lowest BCUT2D eigenvalue weighted by atomic mass is 9.84. The SMILES string of the molecule is C1CC(C2CCNC2)CCN1. The fourth-order valence-electron chi connectivity index (χ4n) is 2.40. The Morgan fingerprint density at radius 3 is 2.00 bits per heavy atom. The van der Waals surface area contributed by atoms with Crippen LogP contribution in [0.3, 0.4) is 0 Å². The van der Waals surface area contributed by atoms with E-state index in [2.05, 4.69) is 10.6 Å². The van der Waals surface area contributed by atoms with Crippen molar-refractivity contribution in [1.82, 2.24) is 10.6 Å². The normalized spacial score (nSPS) is 34.4. The van der Waals surface area contributed by atoms with Gasteiger partial charge in [0.05, 0.1) is 0 Å². The Kier molecular flexibility index (Phi) is 2.44. The van der Waals surface area contributed by atoms with Gasteiger partial charge in [0, 0.05) is 0 Å². The summed E-state index contributed by atoms with van der Waals surface area (Å²) in [5.41, 5.74) is 0. The molecular formula is C9H18N2. The van der Waals surface area contributed by atoms with E-state index in [0.717, 1.165) is 11.8 Å². The van der Waals surface area contributed by atoms with Crippen molar-refractivity contribution < 1.29 is 0 Å². The molecule has 0 aliphatic carbocycles. The van der Waals surface area contributed by atoms with Crippen LogP contribution in [0.4, 0.5) is 0 Å². The molecule has 2 heteroatoms. The standard InChI is InChI=1S/C9H18N2/c1-4-10-5-2-8(1)9-3-6-11-7-9/h8-11H,1-7H2. The number of piperidine rings is 1. The molecule has 2 nitrogen and oxygen atoms in total. The molecule has 0 aromatic rings. The van der Waals surface area contributed by atoms with Crippen LogP contribution in [0.25, 0.3) is 0 Å². The topological polar surface area (TPSA) is 24.1 Å². The highest BCUT2D eigenvalue weighted by molar-refractivity contribution is 4.81. The van der Waals surface area contributed by atoms with Gasteiger partial charge < -0.3 is 10.6 Å². The molecule has 0 radical (unpaired) electrons. The van der Waals surface area contributed by atoms with Crippen molar-refractivity contribution in [3.8, 4) is 0 Å². The molecule has 2 saturated heterocycles. The van der Waals surface area contributed by atoms with Gasteiger partial charge in [-0.2, -0.15) is 0 Å². The smallest absolute Gasteiger partial charge is 0.00174 e. The molecule has 0 bridgehead atoms. The van der Waals surface area contributed by atoms with Gasteiger partial charge in [0.25, 0.3) is 0 Å². The van der Waals surface area contributed by atoms with Crippen LogP contribution in [-0.2, 0) is 0 Å². The van der Waals surface area contributed by atoms with E-state index >= 15 is 0 Å². The van der Waals surface area contributed by atoms with E-state index in [1.807, 2.05) is 0 Å². The van der Waals surface area contributed by atoms with Gasteiger partial charge in [-0.05, 0) is 57.3 Å². The molecule has 1 atom stereocenters. The van der Waals surface area contributed by atoms with Gasteiger partial charge in [-0.3, -0.25) is 0 Å². The molecule has 2 heterocycles. The quantitative estimate of drug-likeness (QED) is 0.578. The third kappa shape index (κ3) is 1.74. The maximum absolute atomic E-state index is 3.45. The molecule has 0 amide bonds. The molecule has 2 rings (SSSR count). The summed E-state index contributed by atoms with van der Waals surface area (Å²) in [5, 5.41) is 6.87. The number of nitrogens with one attached hydrogen (secondary N) is 2. The van der Waals surface area contributed by atoms with E-state index in [1.165, 1.54) is 45.4 Å². The summed E-state index contributed by atoms with van der Waals surface area (Å²) < 4.78 is 0. The molecule has 11 heavy (non-hydrogen) atoms. The van der Waals surface area contributed by atoms with Crippen molar-refractivity contribution in [1.29, 1.82) is 0 Å². The Morgan fingerprint density at radius 1 is 0.727 bits per heavy atom. The van der Waals surface area contributed by atoms with Crippen molar-refractivity contribution in [3.63, 3.8) is 0 Å². The highest BCUT2D eigenvalue weighted by Crippen LogP contribution is 2.26. The van der Waals surface area contributed by atoms with Gasteiger partial charge in [0.2, 0.25) is 0 Å². The Hall–Kier alpha value is -0.0800. The monoisotopic (exact) mass is 154 g/mol. The number of hydrogen-bond acceptors (Lipinski definition) is 2. The molecule has 0 aromatic heterocycles. The molecule has 2 aliphatic heterocycles. The highest BCUT2D eigenvalue weighted by atomic mass is 14.9.